The first-order chi connectivity index (χ1) is 28.2. The van der Waals surface area contributed by atoms with E-state index in [4.69, 9.17) is 25.2 Å². The number of benzene rings is 1. The molecule has 2 aliphatic carbocycles. The van der Waals surface area contributed by atoms with Gasteiger partial charge in [-0.2, -0.15) is 4.98 Å². The summed E-state index contributed by atoms with van der Waals surface area (Å²) in [5.74, 6) is -1.58. The molecule has 5 atom stereocenters. The lowest BCUT2D eigenvalue weighted by Gasteiger charge is -2.28. The van der Waals surface area contributed by atoms with Crippen LogP contribution in [0.5, 0.6) is 6.01 Å². The van der Waals surface area contributed by atoms with E-state index < -0.39 is 62.4 Å². The molecule has 1 aromatic carbocycles. The Morgan fingerprint density at radius 3 is 2.43 bits per heavy atom. The summed E-state index contributed by atoms with van der Waals surface area (Å²) in [5, 5.41) is 5.69. The third kappa shape index (κ3) is 10.5. The molecule has 0 spiro atoms. The van der Waals surface area contributed by atoms with Crippen molar-refractivity contribution in [2.45, 2.75) is 154 Å². The van der Waals surface area contributed by atoms with Crippen LogP contribution in [0.3, 0.4) is 0 Å². The highest BCUT2D eigenvalue weighted by Gasteiger charge is 2.52. The number of amides is 4. The molecule has 3 aliphatic rings. The molecule has 1 aliphatic heterocycles. The molecule has 0 bridgehead atoms. The molecule has 3 heterocycles. The molecule has 4 N–H and O–H groups in total. The summed E-state index contributed by atoms with van der Waals surface area (Å²) in [7, 11) is -3.65. The molecule has 5 unspecified atom stereocenters. The van der Waals surface area contributed by atoms with Gasteiger partial charge < -0.3 is 25.4 Å². The fourth-order valence-corrected chi connectivity index (χ4v) is 9.85. The van der Waals surface area contributed by atoms with Crippen molar-refractivity contribution in [1.82, 2.24) is 29.5 Å². The number of nitrogens with two attached hydrogens (primary N) is 1. The molecule has 15 nitrogen and oxygen atoms in total. The van der Waals surface area contributed by atoms with Crippen LogP contribution in [-0.2, 0) is 29.1 Å². The van der Waals surface area contributed by atoms with Crippen molar-refractivity contribution < 1.29 is 37.1 Å². The Bertz CT molecular complexity index is 2220. The Balaban J connectivity index is 1.09. The number of nitrogens with one attached hydrogen (secondary N) is 2. The number of thiazole rings is 1. The van der Waals surface area contributed by atoms with Gasteiger partial charge in [-0.15, -0.1) is 11.3 Å². The van der Waals surface area contributed by atoms with E-state index in [0.29, 0.717) is 38.1 Å². The van der Waals surface area contributed by atoms with Gasteiger partial charge in [0.05, 0.1) is 22.5 Å². The first-order valence-electron chi connectivity index (χ1n) is 21.1. The molecule has 3 aromatic rings. The van der Waals surface area contributed by atoms with Crippen LogP contribution < -0.4 is 20.5 Å². The van der Waals surface area contributed by atoms with Gasteiger partial charge in [-0.05, 0) is 104 Å². The number of allylic oxidation sites excluding steroid dienone is 2. The number of likely N-dealkylation sites (tertiary alicyclic amines) is 1. The number of sulfonamides is 1. The zero-order valence-electron chi connectivity index (χ0n) is 36.0. The Kier molecular flexibility index (Phi) is 13.4. The van der Waals surface area contributed by atoms with E-state index in [0.717, 1.165) is 46.6 Å². The van der Waals surface area contributed by atoms with Crippen molar-refractivity contribution in [3.63, 3.8) is 0 Å². The molecular weight excluding hydrogens is 807 g/mol. The quantitative estimate of drug-likeness (QED) is 0.0908. The van der Waals surface area contributed by atoms with Crippen LogP contribution in [0.2, 0.25) is 0 Å². The van der Waals surface area contributed by atoms with E-state index in [9.17, 15) is 27.6 Å². The summed E-state index contributed by atoms with van der Waals surface area (Å²) in [6, 6.07) is 4.37. The lowest BCUT2D eigenvalue weighted by atomic mass is 10.0. The standard InChI is InChI=1S/C43H61N7O8S2/c1-25(2)32-24-59-38(45-32)29-16-14-18-33-35(29)47-40(50(33)26(3)4)57-28-22-34(36(44)51)49(23-28)39(53)31(46-41(54)58-42(5,6)7)17-13-11-9-10-12-15-27-21-30(27)37(52)48-60(55,56)43(8)19-20-43/h12,14-16,18,24-28,30-31,34H,9-11,13,17,19-23H2,1-8H3,(H2,44,51)(H,46,54)(H,48,52). The van der Waals surface area contributed by atoms with Gasteiger partial charge in [0.1, 0.15) is 34.3 Å². The highest BCUT2D eigenvalue weighted by molar-refractivity contribution is 7.91. The topological polar surface area (TPSA) is 205 Å². The van der Waals surface area contributed by atoms with Gasteiger partial charge in [0.15, 0.2) is 0 Å². The summed E-state index contributed by atoms with van der Waals surface area (Å²) in [6.45, 7) is 15.2. The normalized spacial score (nSPS) is 21.7. The van der Waals surface area contributed by atoms with Crippen LogP contribution in [0, 0.1) is 11.8 Å². The molecule has 4 amide bonds. The van der Waals surface area contributed by atoms with E-state index in [-0.39, 0.29) is 36.8 Å². The number of primary amides is 1. The molecule has 6 rings (SSSR count). The summed E-state index contributed by atoms with van der Waals surface area (Å²) < 4.78 is 40.4. The Morgan fingerprint density at radius 1 is 1.07 bits per heavy atom. The second-order valence-corrected chi connectivity index (χ2v) is 21.4. The highest BCUT2D eigenvalue weighted by Crippen LogP contribution is 2.44. The zero-order chi connectivity index (χ0) is 43.7. The molecule has 1 saturated heterocycles. The third-order valence-electron chi connectivity index (χ3n) is 11.4. The maximum atomic E-state index is 14.3. The van der Waals surface area contributed by atoms with E-state index in [1.807, 2.05) is 48.8 Å². The maximum Gasteiger partial charge on any atom is 0.408 e. The van der Waals surface area contributed by atoms with Crippen molar-refractivity contribution in [2.24, 2.45) is 17.6 Å². The second kappa shape index (κ2) is 17.8. The Labute approximate surface area is 357 Å². The lowest BCUT2D eigenvalue weighted by molar-refractivity contribution is -0.139. The van der Waals surface area contributed by atoms with Gasteiger partial charge in [-0.1, -0.05) is 44.9 Å². The number of unbranched alkanes of at least 4 members (excludes halogenated alkanes) is 3. The minimum absolute atomic E-state index is 0.0160. The number of hydrogen-bond acceptors (Lipinski definition) is 11. The van der Waals surface area contributed by atoms with Crippen molar-refractivity contribution in [1.29, 1.82) is 0 Å². The second-order valence-electron chi connectivity index (χ2n) is 18.3. The average Bonchev–Trinajstić information content (AvgIpc) is 3.91. The average molecular weight is 868 g/mol. The van der Waals surface area contributed by atoms with Crippen LogP contribution in [-0.4, -0.2) is 86.7 Å². The number of hydrogen-bond donors (Lipinski definition) is 3. The third-order valence-corrected chi connectivity index (χ3v) is 14.5. The molecule has 0 radical (unpaired) electrons. The van der Waals surface area contributed by atoms with Crippen LogP contribution in [0.15, 0.2) is 35.7 Å². The number of aromatic nitrogens is 3. The number of fused-ring (bicyclic) bond motifs is 1. The molecule has 2 aromatic heterocycles. The van der Waals surface area contributed by atoms with Gasteiger partial charge >= 0.3 is 6.09 Å². The first-order valence-corrected chi connectivity index (χ1v) is 23.5. The van der Waals surface area contributed by atoms with Gasteiger partial charge in [0, 0.05) is 29.3 Å². The van der Waals surface area contributed by atoms with Gasteiger partial charge in [-0.3, -0.25) is 23.7 Å². The van der Waals surface area contributed by atoms with E-state index in [1.165, 1.54) is 4.90 Å². The summed E-state index contributed by atoms with van der Waals surface area (Å²) in [6.07, 6.45) is 7.72. The largest absolute Gasteiger partial charge is 0.459 e. The van der Waals surface area contributed by atoms with E-state index in [1.54, 1.807) is 39.0 Å². The lowest BCUT2D eigenvalue weighted by Crippen LogP contribution is -2.53. The fourth-order valence-electron chi connectivity index (χ4n) is 7.54. The molecular formula is C43H61N7O8S2. The Hall–Kier alpha value is -4.51. The van der Waals surface area contributed by atoms with Crippen molar-refractivity contribution in [2.75, 3.05) is 6.54 Å². The van der Waals surface area contributed by atoms with Crippen molar-refractivity contribution in [3.8, 4) is 16.6 Å². The summed E-state index contributed by atoms with van der Waals surface area (Å²) in [4.78, 5) is 63.9. The highest BCUT2D eigenvalue weighted by atomic mass is 32.2. The summed E-state index contributed by atoms with van der Waals surface area (Å²) >= 11 is 1.57. The number of rotatable bonds is 18. The monoisotopic (exact) mass is 867 g/mol. The molecule has 2 saturated carbocycles. The summed E-state index contributed by atoms with van der Waals surface area (Å²) in [5.41, 5.74) is 8.63. The smallest absolute Gasteiger partial charge is 0.408 e. The fraction of sp³-hybridized carbons (Fsp3) is 0.628. The van der Waals surface area contributed by atoms with Crippen molar-refractivity contribution >= 4 is 56.2 Å². The molecule has 60 heavy (non-hydrogen) atoms. The van der Waals surface area contributed by atoms with E-state index >= 15 is 0 Å². The number of imidazole rings is 1. The number of ether oxygens (including phenoxy) is 2. The molecule has 328 valence electrons. The number of nitrogens with zero attached hydrogens (tertiary/aromatic N) is 4. The van der Waals surface area contributed by atoms with Gasteiger partial charge in [-0.25, -0.2) is 18.2 Å². The zero-order valence-corrected chi connectivity index (χ0v) is 37.7. The number of carbonyl (C=O) groups is 4. The van der Waals surface area contributed by atoms with Crippen molar-refractivity contribution in [3.05, 3.63) is 41.4 Å². The van der Waals surface area contributed by atoms with Gasteiger partial charge in [0.25, 0.3) is 6.01 Å². The Morgan fingerprint density at radius 2 is 1.80 bits per heavy atom. The van der Waals surface area contributed by atoms with Crippen LogP contribution in [0.25, 0.3) is 21.6 Å². The first kappa shape index (κ1) is 45.0. The minimum atomic E-state index is -3.65. The molecule has 3 fully saturated rings. The number of alkyl carbamates (subject to hydrolysis) is 1. The maximum absolute atomic E-state index is 14.3. The number of carbonyl (C=O) groups excluding carboxylic acids is 4. The minimum Gasteiger partial charge on any atom is -0.459 e. The predicted molar refractivity (Wildman–Crippen MR) is 231 cm³/mol. The van der Waals surface area contributed by atoms with Crippen LogP contribution >= 0.6 is 11.3 Å². The van der Waals surface area contributed by atoms with Crippen LogP contribution in [0.4, 0.5) is 4.79 Å². The number of para-hydroxylation sites is 1. The predicted octanol–water partition coefficient (Wildman–Crippen LogP) is 6.73. The van der Waals surface area contributed by atoms with E-state index in [2.05, 4.69) is 29.3 Å². The SMILES string of the molecule is CC(C)c1csc(-c2cccc3c2nc(OC2CC(C(N)=O)N(C(=O)C(CCCCCC=CC4CC4C(=O)NS(=O)(=O)C4(C)CC4)NC(=O)OC(C)(C)C)C2)n3C(C)C)n1. The van der Waals surface area contributed by atoms with Crippen LogP contribution in [0.1, 0.15) is 131 Å². The molecule has 17 heteroatoms. The van der Waals surface area contributed by atoms with Gasteiger partial charge in [0.2, 0.25) is 27.7 Å².